The lowest BCUT2D eigenvalue weighted by molar-refractivity contribution is 0.0861. The van der Waals surface area contributed by atoms with Crippen LogP contribution < -0.4 is 10.6 Å². The van der Waals surface area contributed by atoms with Gasteiger partial charge in [-0.3, -0.25) is 9.69 Å². The molecule has 2 aliphatic rings. The minimum Gasteiger partial charge on any atom is -0.348 e. The number of carbonyl (C=O) groups excluding carboxylic acids is 1. The molecular formula is C22H34Cl2N6O. The maximum atomic E-state index is 12.9. The molecule has 1 aromatic heterocycles. The van der Waals surface area contributed by atoms with Crippen LogP contribution in [0.2, 0.25) is 0 Å². The van der Waals surface area contributed by atoms with Crippen LogP contribution in [-0.2, 0) is 6.54 Å². The SMILES string of the molecule is Cc1c(C(=O)NC2CCN(Cc3ccccc3)C(C)C2)nnn1C1CCNCC1.Cl.Cl. The Morgan fingerprint density at radius 2 is 1.87 bits per heavy atom. The predicted octanol–water partition coefficient (Wildman–Crippen LogP) is 3.14. The van der Waals surface area contributed by atoms with E-state index in [4.69, 9.17) is 0 Å². The molecular weight excluding hydrogens is 435 g/mol. The highest BCUT2D eigenvalue weighted by molar-refractivity contribution is 5.93. The van der Waals surface area contributed by atoms with Crippen molar-refractivity contribution >= 4 is 30.7 Å². The van der Waals surface area contributed by atoms with Crippen LogP contribution >= 0.6 is 24.8 Å². The first kappa shape index (κ1) is 25.6. The molecule has 9 heteroatoms. The Hall–Kier alpha value is -1.67. The van der Waals surface area contributed by atoms with Crippen LogP contribution in [0.3, 0.4) is 0 Å². The van der Waals surface area contributed by atoms with Gasteiger partial charge in [0, 0.05) is 25.2 Å². The van der Waals surface area contributed by atoms with Crippen LogP contribution in [-0.4, -0.2) is 57.5 Å². The summed E-state index contributed by atoms with van der Waals surface area (Å²) in [7, 11) is 0. The molecule has 2 unspecified atom stereocenters. The summed E-state index contributed by atoms with van der Waals surface area (Å²) in [4.78, 5) is 15.4. The van der Waals surface area contributed by atoms with Crippen molar-refractivity contribution in [3.8, 4) is 0 Å². The molecule has 7 nitrogen and oxygen atoms in total. The smallest absolute Gasteiger partial charge is 0.273 e. The van der Waals surface area contributed by atoms with Crippen LogP contribution in [0.25, 0.3) is 0 Å². The Morgan fingerprint density at radius 1 is 1.16 bits per heavy atom. The number of rotatable bonds is 5. The third-order valence-electron chi connectivity index (χ3n) is 6.37. The summed E-state index contributed by atoms with van der Waals surface area (Å²) in [6, 6.07) is 11.5. The van der Waals surface area contributed by atoms with Crippen LogP contribution in [0.5, 0.6) is 0 Å². The van der Waals surface area contributed by atoms with E-state index in [1.807, 2.05) is 11.6 Å². The largest absolute Gasteiger partial charge is 0.348 e. The van der Waals surface area contributed by atoms with Gasteiger partial charge in [0.2, 0.25) is 0 Å². The minimum absolute atomic E-state index is 0. The van der Waals surface area contributed by atoms with Gasteiger partial charge in [0.05, 0.1) is 11.7 Å². The number of carbonyl (C=O) groups is 1. The number of halogens is 2. The van der Waals surface area contributed by atoms with Gasteiger partial charge >= 0.3 is 0 Å². The van der Waals surface area contributed by atoms with E-state index in [-0.39, 0.29) is 36.8 Å². The molecule has 0 aliphatic carbocycles. The second-order valence-corrected chi connectivity index (χ2v) is 8.45. The normalized spacial score (nSPS) is 22.3. The molecule has 0 radical (unpaired) electrons. The van der Waals surface area contributed by atoms with Crippen molar-refractivity contribution in [3.05, 3.63) is 47.3 Å². The highest BCUT2D eigenvalue weighted by Crippen LogP contribution is 2.22. The summed E-state index contributed by atoms with van der Waals surface area (Å²) >= 11 is 0. The van der Waals surface area contributed by atoms with Crippen molar-refractivity contribution in [1.82, 2.24) is 30.5 Å². The zero-order valence-electron chi connectivity index (χ0n) is 18.3. The van der Waals surface area contributed by atoms with Crippen LogP contribution in [0, 0.1) is 6.92 Å². The molecule has 1 amide bonds. The second kappa shape index (κ2) is 11.8. The summed E-state index contributed by atoms with van der Waals surface area (Å²) in [6.07, 6.45) is 3.98. The average Bonchev–Trinajstić information content (AvgIpc) is 3.13. The number of piperidine rings is 2. The van der Waals surface area contributed by atoms with Gasteiger partial charge in [-0.15, -0.1) is 29.9 Å². The summed E-state index contributed by atoms with van der Waals surface area (Å²) in [5.41, 5.74) is 2.69. The van der Waals surface area contributed by atoms with Crippen molar-refractivity contribution in [2.45, 2.75) is 64.2 Å². The fraction of sp³-hybridized carbons (Fsp3) is 0.591. The Labute approximate surface area is 197 Å². The van der Waals surface area contributed by atoms with E-state index in [1.165, 1.54) is 5.56 Å². The number of amides is 1. The number of nitrogens with one attached hydrogen (secondary N) is 2. The zero-order chi connectivity index (χ0) is 20.2. The van der Waals surface area contributed by atoms with Crippen LogP contribution in [0.15, 0.2) is 30.3 Å². The van der Waals surface area contributed by atoms with Gasteiger partial charge in [-0.2, -0.15) is 0 Å². The van der Waals surface area contributed by atoms with Gasteiger partial charge in [0.1, 0.15) is 0 Å². The van der Waals surface area contributed by atoms with E-state index in [0.717, 1.165) is 57.6 Å². The first-order valence-electron chi connectivity index (χ1n) is 10.8. The first-order chi connectivity index (χ1) is 14.1. The van der Waals surface area contributed by atoms with E-state index < -0.39 is 0 Å². The average molecular weight is 469 g/mol. The predicted molar refractivity (Wildman–Crippen MR) is 127 cm³/mol. The number of nitrogens with zero attached hydrogens (tertiary/aromatic N) is 4. The van der Waals surface area contributed by atoms with Crippen molar-refractivity contribution < 1.29 is 4.79 Å². The van der Waals surface area contributed by atoms with Gasteiger partial charge in [-0.25, -0.2) is 4.68 Å². The van der Waals surface area contributed by atoms with E-state index >= 15 is 0 Å². The molecule has 31 heavy (non-hydrogen) atoms. The summed E-state index contributed by atoms with van der Waals surface area (Å²) < 4.78 is 1.95. The van der Waals surface area contributed by atoms with Crippen LogP contribution in [0.1, 0.15) is 60.4 Å². The molecule has 1 aromatic carbocycles. The molecule has 2 aromatic rings. The quantitative estimate of drug-likeness (QED) is 0.704. The summed E-state index contributed by atoms with van der Waals surface area (Å²) in [5, 5.41) is 15.1. The molecule has 4 rings (SSSR count). The summed E-state index contributed by atoms with van der Waals surface area (Å²) in [6.45, 7) is 8.14. The van der Waals surface area contributed by atoms with Gasteiger partial charge in [-0.1, -0.05) is 35.5 Å². The molecule has 0 spiro atoms. The first-order valence-corrected chi connectivity index (χ1v) is 10.8. The number of likely N-dealkylation sites (tertiary alicyclic amines) is 1. The highest BCUT2D eigenvalue weighted by atomic mass is 35.5. The topological polar surface area (TPSA) is 75.1 Å². The minimum atomic E-state index is -0.0867. The molecule has 2 N–H and O–H groups in total. The van der Waals surface area contributed by atoms with Crippen molar-refractivity contribution in [3.63, 3.8) is 0 Å². The van der Waals surface area contributed by atoms with Crippen molar-refractivity contribution in [2.75, 3.05) is 19.6 Å². The summed E-state index contributed by atoms with van der Waals surface area (Å²) in [5.74, 6) is -0.0867. The van der Waals surface area contributed by atoms with E-state index in [1.54, 1.807) is 0 Å². The molecule has 3 heterocycles. The van der Waals surface area contributed by atoms with Crippen molar-refractivity contribution in [1.29, 1.82) is 0 Å². The monoisotopic (exact) mass is 468 g/mol. The van der Waals surface area contributed by atoms with E-state index in [2.05, 4.69) is 63.1 Å². The number of benzene rings is 1. The van der Waals surface area contributed by atoms with Gasteiger partial charge < -0.3 is 10.6 Å². The van der Waals surface area contributed by atoms with Crippen molar-refractivity contribution in [2.24, 2.45) is 0 Å². The Bertz CT molecular complexity index is 825. The molecule has 172 valence electrons. The third kappa shape index (κ3) is 6.19. The van der Waals surface area contributed by atoms with E-state index in [9.17, 15) is 4.79 Å². The Morgan fingerprint density at radius 3 is 2.55 bits per heavy atom. The van der Waals surface area contributed by atoms with E-state index in [0.29, 0.717) is 17.8 Å². The zero-order valence-corrected chi connectivity index (χ0v) is 19.9. The highest BCUT2D eigenvalue weighted by Gasteiger charge is 2.29. The molecule has 2 fully saturated rings. The lowest BCUT2D eigenvalue weighted by Crippen LogP contribution is -2.48. The maximum absolute atomic E-state index is 12.9. The molecule has 2 aliphatic heterocycles. The Balaban J connectivity index is 0.00000171. The molecule has 0 bridgehead atoms. The lowest BCUT2D eigenvalue weighted by Gasteiger charge is -2.38. The molecule has 0 saturated carbocycles. The molecule has 2 atom stereocenters. The van der Waals surface area contributed by atoms with Gasteiger partial charge in [-0.05, 0) is 58.2 Å². The van der Waals surface area contributed by atoms with Crippen LogP contribution in [0.4, 0.5) is 0 Å². The third-order valence-corrected chi connectivity index (χ3v) is 6.37. The fourth-order valence-electron chi connectivity index (χ4n) is 4.61. The molecule has 2 saturated heterocycles. The number of hydrogen-bond acceptors (Lipinski definition) is 5. The maximum Gasteiger partial charge on any atom is 0.273 e. The Kier molecular flexibility index (Phi) is 9.75. The lowest BCUT2D eigenvalue weighted by atomic mass is 9.97. The fourth-order valence-corrected chi connectivity index (χ4v) is 4.61. The number of aromatic nitrogens is 3. The van der Waals surface area contributed by atoms with Gasteiger partial charge in [0.15, 0.2) is 5.69 Å². The second-order valence-electron chi connectivity index (χ2n) is 8.45. The number of hydrogen-bond donors (Lipinski definition) is 2. The standard InChI is InChI=1S/C22H32N6O.2ClH/c1-16-14-19(10-13-27(16)15-18-6-4-3-5-7-18)24-22(29)21-17(2)28(26-25-21)20-8-11-23-12-9-20;;/h3-7,16,19-20,23H,8-15H2,1-2H3,(H,24,29);2*1H. The van der Waals surface area contributed by atoms with Gasteiger partial charge in [0.25, 0.3) is 5.91 Å².